The molecule has 0 atom stereocenters. The van der Waals surface area contributed by atoms with Gasteiger partial charge in [0.15, 0.2) is 0 Å². The maximum Gasteiger partial charge on any atom is 0.254 e. The van der Waals surface area contributed by atoms with Crippen LogP contribution in [0.15, 0.2) is 84.9 Å². The van der Waals surface area contributed by atoms with Crippen LogP contribution in [0.2, 0.25) is 5.02 Å². The Morgan fingerprint density at radius 3 is 2.39 bits per heavy atom. The van der Waals surface area contributed by atoms with Crippen LogP contribution in [0.25, 0.3) is 22.6 Å². The van der Waals surface area contributed by atoms with Gasteiger partial charge in [0.1, 0.15) is 12.4 Å². The van der Waals surface area contributed by atoms with E-state index in [9.17, 15) is 4.79 Å². The van der Waals surface area contributed by atoms with E-state index in [1.807, 2.05) is 89.8 Å². The number of piperazine rings is 1. The Balaban J connectivity index is 1.35. The molecule has 1 amide bonds. The van der Waals surface area contributed by atoms with Gasteiger partial charge in [-0.25, -0.2) is 4.98 Å². The number of rotatable bonds is 6. The molecule has 0 saturated carbocycles. The van der Waals surface area contributed by atoms with E-state index in [4.69, 9.17) is 16.3 Å². The third kappa shape index (κ3) is 5.76. The molecular formula is C30H28ClN3O2. The van der Waals surface area contributed by atoms with Gasteiger partial charge in [0.2, 0.25) is 0 Å². The Hall–Kier alpha value is -3.67. The average Bonchev–Trinajstić information content (AvgIpc) is 2.92. The number of likely N-dealkylation sites (N-methyl/N-ethyl adjacent to an activating group) is 1. The first-order valence-electron chi connectivity index (χ1n) is 12.1. The molecule has 2 heterocycles. The van der Waals surface area contributed by atoms with Gasteiger partial charge in [-0.2, -0.15) is 0 Å². The molecule has 0 bridgehead atoms. The zero-order chi connectivity index (χ0) is 24.9. The number of hydrogen-bond acceptors (Lipinski definition) is 4. The van der Waals surface area contributed by atoms with Crippen LogP contribution in [0.1, 0.15) is 16.8 Å². The third-order valence-corrected chi connectivity index (χ3v) is 6.66. The number of aromatic nitrogens is 1. The SMILES string of the molecule is CN1CCN(C(=O)C(=Cc2ccc(Cl)cc2)c2ccc(OCc3ccc4ccccc4n3)cc2)CC1. The van der Waals surface area contributed by atoms with Crippen molar-refractivity contribution in [3.63, 3.8) is 0 Å². The Morgan fingerprint density at radius 1 is 0.917 bits per heavy atom. The van der Waals surface area contributed by atoms with Gasteiger partial charge < -0.3 is 14.5 Å². The number of nitrogens with zero attached hydrogens (tertiary/aromatic N) is 3. The molecule has 1 aromatic heterocycles. The number of fused-ring (bicyclic) bond motifs is 1. The number of pyridine rings is 1. The van der Waals surface area contributed by atoms with E-state index in [1.54, 1.807) is 0 Å². The summed E-state index contributed by atoms with van der Waals surface area (Å²) in [5, 5.41) is 1.78. The van der Waals surface area contributed by atoms with Crippen molar-refractivity contribution < 1.29 is 9.53 Å². The first-order valence-corrected chi connectivity index (χ1v) is 12.5. The molecule has 1 saturated heterocycles. The number of benzene rings is 3. The largest absolute Gasteiger partial charge is 0.487 e. The third-order valence-electron chi connectivity index (χ3n) is 6.41. The quantitative estimate of drug-likeness (QED) is 0.250. The van der Waals surface area contributed by atoms with Crippen LogP contribution in [0, 0.1) is 0 Å². The second-order valence-corrected chi connectivity index (χ2v) is 9.45. The Labute approximate surface area is 216 Å². The summed E-state index contributed by atoms with van der Waals surface area (Å²) in [5.41, 5.74) is 4.26. The first-order chi connectivity index (χ1) is 17.5. The molecule has 0 N–H and O–H groups in total. The smallest absolute Gasteiger partial charge is 0.254 e. The van der Waals surface area contributed by atoms with E-state index in [0.29, 0.717) is 30.3 Å². The molecule has 5 rings (SSSR count). The van der Waals surface area contributed by atoms with Gasteiger partial charge in [0.05, 0.1) is 11.2 Å². The highest BCUT2D eigenvalue weighted by molar-refractivity contribution is 6.30. The Bertz CT molecular complexity index is 1380. The van der Waals surface area contributed by atoms with Crippen LogP contribution in [0.3, 0.4) is 0 Å². The van der Waals surface area contributed by atoms with Crippen LogP contribution >= 0.6 is 11.6 Å². The fourth-order valence-electron chi connectivity index (χ4n) is 4.25. The molecular weight excluding hydrogens is 470 g/mol. The number of halogens is 1. The van der Waals surface area contributed by atoms with Crippen molar-refractivity contribution in [2.24, 2.45) is 0 Å². The molecule has 6 heteroatoms. The lowest BCUT2D eigenvalue weighted by molar-refractivity contribution is -0.126. The molecule has 36 heavy (non-hydrogen) atoms. The summed E-state index contributed by atoms with van der Waals surface area (Å²) in [7, 11) is 2.08. The number of hydrogen-bond donors (Lipinski definition) is 0. The predicted octanol–water partition coefficient (Wildman–Crippen LogP) is 5.78. The van der Waals surface area contributed by atoms with Gasteiger partial charge in [-0.05, 0) is 60.6 Å². The van der Waals surface area contributed by atoms with Crippen LogP contribution in [-0.4, -0.2) is 53.9 Å². The lowest BCUT2D eigenvalue weighted by atomic mass is 10.0. The molecule has 1 fully saturated rings. The number of amides is 1. The summed E-state index contributed by atoms with van der Waals surface area (Å²) in [6, 6.07) is 27.3. The van der Waals surface area contributed by atoms with Gasteiger partial charge in [0.25, 0.3) is 5.91 Å². The van der Waals surface area contributed by atoms with Gasteiger partial charge in [-0.15, -0.1) is 0 Å². The van der Waals surface area contributed by atoms with Gasteiger partial charge in [-0.3, -0.25) is 4.79 Å². The molecule has 0 spiro atoms. The van der Waals surface area contributed by atoms with Crippen LogP contribution < -0.4 is 4.74 Å². The van der Waals surface area contributed by atoms with Gasteiger partial charge in [-0.1, -0.05) is 60.1 Å². The maximum atomic E-state index is 13.6. The van der Waals surface area contributed by atoms with E-state index in [1.165, 1.54) is 0 Å². The second kappa shape index (κ2) is 10.9. The van der Waals surface area contributed by atoms with E-state index in [-0.39, 0.29) is 5.91 Å². The van der Waals surface area contributed by atoms with E-state index in [0.717, 1.165) is 46.6 Å². The lowest BCUT2D eigenvalue weighted by Crippen LogP contribution is -2.47. The highest BCUT2D eigenvalue weighted by atomic mass is 35.5. The van der Waals surface area contributed by atoms with Crippen molar-refractivity contribution in [3.05, 3.63) is 107 Å². The summed E-state index contributed by atoms with van der Waals surface area (Å²) in [4.78, 5) is 22.4. The van der Waals surface area contributed by atoms with Crippen molar-refractivity contribution in [2.45, 2.75) is 6.61 Å². The topological polar surface area (TPSA) is 45.7 Å². The zero-order valence-corrected chi connectivity index (χ0v) is 21.0. The van der Waals surface area contributed by atoms with Gasteiger partial charge >= 0.3 is 0 Å². The summed E-state index contributed by atoms with van der Waals surface area (Å²) < 4.78 is 6.00. The fourth-order valence-corrected chi connectivity index (χ4v) is 4.38. The molecule has 0 unspecified atom stereocenters. The van der Waals surface area contributed by atoms with Crippen molar-refractivity contribution in [1.29, 1.82) is 0 Å². The molecule has 1 aliphatic heterocycles. The van der Waals surface area contributed by atoms with Crippen LogP contribution in [0.5, 0.6) is 5.75 Å². The number of carbonyl (C=O) groups excluding carboxylic acids is 1. The van der Waals surface area contributed by atoms with Crippen molar-refractivity contribution in [3.8, 4) is 5.75 Å². The van der Waals surface area contributed by atoms with Crippen molar-refractivity contribution in [2.75, 3.05) is 33.2 Å². The lowest BCUT2D eigenvalue weighted by Gasteiger charge is -2.33. The standard InChI is InChI=1S/C30H28ClN3O2/c1-33-16-18-34(19-17-33)30(35)28(20-22-6-11-25(31)12-7-22)23-9-14-27(15-10-23)36-21-26-13-8-24-4-2-3-5-29(24)32-26/h2-15,20H,16-19,21H2,1H3. The fraction of sp³-hybridized carbons (Fsp3) is 0.200. The minimum atomic E-state index is 0.0343. The van der Waals surface area contributed by atoms with Crippen molar-refractivity contribution in [1.82, 2.24) is 14.8 Å². The minimum Gasteiger partial charge on any atom is -0.487 e. The summed E-state index contributed by atoms with van der Waals surface area (Å²) in [6.45, 7) is 3.55. The average molecular weight is 498 g/mol. The monoisotopic (exact) mass is 497 g/mol. The number of ether oxygens (including phenoxy) is 1. The van der Waals surface area contributed by atoms with Crippen molar-refractivity contribution >= 4 is 40.1 Å². The molecule has 0 aliphatic carbocycles. The van der Waals surface area contributed by atoms with Crippen LogP contribution in [-0.2, 0) is 11.4 Å². The van der Waals surface area contributed by atoms with Gasteiger partial charge in [0, 0.05) is 42.2 Å². The zero-order valence-electron chi connectivity index (χ0n) is 20.2. The number of carbonyl (C=O) groups is 1. The summed E-state index contributed by atoms with van der Waals surface area (Å²) in [6.07, 6.45) is 1.94. The highest BCUT2D eigenvalue weighted by Gasteiger charge is 2.23. The summed E-state index contributed by atoms with van der Waals surface area (Å²) >= 11 is 6.06. The normalized spacial score (nSPS) is 14.7. The number of para-hydroxylation sites is 1. The molecule has 1 aliphatic rings. The molecule has 5 nitrogen and oxygen atoms in total. The van der Waals surface area contributed by atoms with E-state index >= 15 is 0 Å². The predicted molar refractivity (Wildman–Crippen MR) is 146 cm³/mol. The molecule has 182 valence electrons. The minimum absolute atomic E-state index is 0.0343. The van der Waals surface area contributed by atoms with Crippen LogP contribution in [0.4, 0.5) is 0 Å². The molecule has 4 aromatic rings. The molecule has 3 aromatic carbocycles. The van der Waals surface area contributed by atoms with E-state index < -0.39 is 0 Å². The first kappa shape index (κ1) is 24.0. The second-order valence-electron chi connectivity index (χ2n) is 9.01. The highest BCUT2D eigenvalue weighted by Crippen LogP contribution is 2.25. The Morgan fingerprint density at radius 2 is 1.64 bits per heavy atom. The summed E-state index contributed by atoms with van der Waals surface area (Å²) in [5.74, 6) is 0.763. The van der Waals surface area contributed by atoms with E-state index in [2.05, 4.69) is 23.0 Å². The Kier molecular flexibility index (Phi) is 7.31. The molecule has 0 radical (unpaired) electrons. The maximum absolute atomic E-state index is 13.6.